The number of sulfonamides is 1. The van der Waals surface area contributed by atoms with Gasteiger partial charge in [0.05, 0.1) is 13.2 Å². The van der Waals surface area contributed by atoms with Gasteiger partial charge in [0.2, 0.25) is 10.0 Å². The maximum atomic E-state index is 12.9. The molecule has 25 heavy (non-hydrogen) atoms. The van der Waals surface area contributed by atoms with Crippen LogP contribution in [0.15, 0.2) is 51.1 Å². The summed E-state index contributed by atoms with van der Waals surface area (Å²) in [5.41, 5.74) is 0.695. The standard InChI is InChI=1S/C17H17NO5S2/c1-11(14-10-12-6-4-5-7-13(12)23-14)18(2)25(20,21)15-8-9-24-16(15)17(19)22-3/h4-11H,1-3H3/t11-/m1/s1. The van der Waals surface area contributed by atoms with E-state index in [0.29, 0.717) is 11.3 Å². The number of hydrogen-bond acceptors (Lipinski definition) is 6. The number of thiophene rings is 1. The highest BCUT2D eigenvalue weighted by Crippen LogP contribution is 2.32. The Kier molecular flexibility index (Phi) is 4.68. The number of hydrogen-bond donors (Lipinski definition) is 0. The number of para-hydroxylation sites is 1. The van der Waals surface area contributed by atoms with E-state index in [1.807, 2.05) is 30.3 Å². The van der Waals surface area contributed by atoms with Gasteiger partial charge in [-0.1, -0.05) is 18.2 Å². The van der Waals surface area contributed by atoms with Crippen molar-refractivity contribution in [2.45, 2.75) is 17.9 Å². The van der Waals surface area contributed by atoms with Crippen molar-refractivity contribution in [2.24, 2.45) is 0 Å². The van der Waals surface area contributed by atoms with Crippen LogP contribution in [0, 0.1) is 0 Å². The minimum Gasteiger partial charge on any atom is -0.465 e. The van der Waals surface area contributed by atoms with E-state index in [4.69, 9.17) is 4.42 Å². The van der Waals surface area contributed by atoms with Gasteiger partial charge in [0, 0.05) is 12.4 Å². The fourth-order valence-corrected chi connectivity index (χ4v) is 5.13. The highest BCUT2D eigenvalue weighted by Gasteiger charge is 2.32. The SMILES string of the molecule is COC(=O)c1sccc1S(=O)(=O)N(C)[C@H](C)c1cc2ccccc2o1. The minimum absolute atomic E-state index is 0.0604. The summed E-state index contributed by atoms with van der Waals surface area (Å²) in [6, 6.07) is 10.2. The smallest absolute Gasteiger partial charge is 0.349 e. The van der Waals surface area contributed by atoms with E-state index in [0.717, 1.165) is 16.7 Å². The molecular weight excluding hydrogens is 362 g/mol. The van der Waals surface area contributed by atoms with E-state index in [1.54, 1.807) is 12.3 Å². The number of methoxy groups -OCH3 is 1. The predicted octanol–water partition coefficient (Wildman–Crippen LogP) is 3.66. The monoisotopic (exact) mass is 379 g/mol. The zero-order chi connectivity index (χ0) is 18.2. The van der Waals surface area contributed by atoms with Crippen molar-refractivity contribution in [3.63, 3.8) is 0 Å². The van der Waals surface area contributed by atoms with E-state index in [-0.39, 0.29) is 9.77 Å². The fraction of sp³-hybridized carbons (Fsp3) is 0.235. The summed E-state index contributed by atoms with van der Waals surface area (Å²) >= 11 is 1.03. The molecule has 132 valence electrons. The molecule has 0 amide bonds. The number of fused-ring (bicyclic) bond motifs is 1. The van der Waals surface area contributed by atoms with E-state index < -0.39 is 22.0 Å². The van der Waals surface area contributed by atoms with Gasteiger partial charge in [-0.05, 0) is 30.5 Å². The summed E-state index contributed by atoms with van der Waals surface area (Å²) < 4.78 is 37.5. The number of ether oxygens (including phenoxy) is 1. The molecule has 2 aromatic heterocycles. The van der Waals surface area contributed by atoms with Crippen molar-refractivity contribution in [3.05, 3.63) is 52.4 Å². The molecule has 2 heterocycles. The molecule has 8 heteroatoms. The Bertz CT molecular complexity index is 986. The second-order valence-corrected chi connectivity index (χ2v) is 8.37. The van der Waals surface area contributed by atoms with Crippen LogP contribution in [0.1, 0.15) is 28.4 Å². The molecule has 6 nitrogen and oxygen atoms in total. The van der Waals surface area contributed by atoms with Crippen LogP contribution in [-0.4, -0.2) is 32.8 Å². The Morgan fingerprint density at radius 1 is 1.28 bits per heavy atom. The molecule has 0 spiro atoms. The second kappa shape index (κ2) is 6.62. The first-order valence-electron chi connectivity index (χ1n) is 7.48. The first-order chi connectivity index (χ1) is 11.9. The van der Waals surface area contributed by atoms with E-state index >= 15 is 0 Å². The molecule has 0 fully saturated rings. The number of carbonyl (C=O) groups is 1. The third-order valence-corrected chi connectivity index (χ3v) is 7.05. The summed E-state index contributed by atoms with van der Waals surface area (Å²) in [5, 5.41) is 2.46. The number of esters is 1. The van der Waals surface area contributed by atoms with E-state index in [9.17, 15) is 13.2 Å². The molecule has 0 aliphatic rings. The number of rotatable bonds is 5. The third-order valence-electron chi connectivity index (χ3n) is 4.06. The first kappa shape index (κ1) is 17.7. The Morgan fingerprint density at radius 2 is 2.00 bits per heavy atom. The first-order valence-corrected chi connectivity index (χ1v) is 9.80. The molecular formula is C17H17NO5S2. The lowest BCUT2D eigenvalue weighted by Gasteiger charge is -2.22. The zero-order valence-electron chi connectivity index (χ0n) is 13.9. The highest BCUT2D eigenvalue weighted by molar-refractivity contribution is 7.89. The fourth-order valence-electron chi connectivity index (χ4n) is 2.49. The molecule has 0 N–H and O–H groups in total. The van der Waals surface area contributed by atoms with Gasteiger partial charge in [-0.3, -0.25) is 0 Å². The number of nitrogens with zero attached hydrogens (tertiary/aromatic N) is 1. The molecule has 1 atom stereocenters. The topological polar surface area (TPSA) is 76.8 Å². The van der Waals surface area contributed by atoms with Crippen LogP contribution in [0.3, 0.4) is 0 Å². The lowest BCUT2D eigenvalue weighted by molar-refractivity contribution is 0.0602. The van der Waals surface area contributed by atoms with Crippen LogP contribution >= 0.6 is 11.3 Å². The van der Waals surface area contributed by atoms with Gasteiger partial charge in [-0.15, -0.1) is 11.3 Å². The molecule has 0 aliphatic carbocycles. The second-order valence-electron chi connectivity index (χ2n) is 5.49. The van der Waals surface area contributed by atoms with Crippen molar-refractivity contribution < 1.29 is 22.4 Å². The third kappa shape index (κ3) is 3.08. The minimum atomic E-state index is -3.88. The molecule has 3 aromatic rings. The van der Waals surface area contributed by atoms with Crippen molar-refractivity contribution in [1.29, 1.82) is 0 Å². The average molecular weight is 379 g/mol. The molecule has 3 rings (SSSR count). The number of furan rings is 1. The summed E-state index contributed by atoms with van der Waals surface area (Å²) in [4.78, 5) is 11.8. The molecule has 0 aliphatic heterocycles. The Labute approximate surface area is 149 Å². The lowest BCUT2D eigenvalue weighted by Crippen LogP contribution is -2.30. The number of carbonyl (C=O) groups excluding carboxylic acids is 1. The van der Waals surface area contributed by atoms with Gasteiger partial charge in [-0.2, -0.15) is 4.31 Å². The maximum Gasteiger partial charge on any atom is 0.349 e. The Balaban J connectivity index is 1.97. The summed E-state index contributed by atoms with van der Waals surface area (Å²) in [5.74, 6) is -0.138. The maximum absolute atomic E-state index is 12.9. The quantitative estimate of drug-likeness (QED) is 0.632. The van der Waals surface area contributed by atoms with Gasteiger partial charge in [0.1, 0.15) is 21.1 Å². The van der Waals surface area contributed by atoms with Gasteiger partial charge in [0.15, 0.2) is 0 Å². The van der Waals surface area contributed by atoms with Gasteiger partial charge >= 0.3 is 5.97 Å². The molecule has 0 saturated carbocycles. The van der Waals surface area contributed by atoms with Gasteiger partial charge < -0.3 is 9.15 Å². The van der Waals surface area contributed by atoms with Crippen LogP contribution in [0.4, 0.5) is 0 Å². The zero-order valence-corrected chi connectivity index (χ0v) is 15.6. The highest BCUT2D eigenvalue weighted by atomic mass is 32.2. The van der Waals surface area contributed by atoms with Crippen molar-refractivity contribution in [1.82, 2.24) is 4.31 Å². The Hall–Kier alpha value is -2.16. The predicted molar refractivity (Wildman–Crippen MR) is 95.2 cm³/mol. The van der Waals surface area contributed by atoms with E-state index in [2.05, 4.69) is 4.74 Å². The molecule has 0 bridgehead atoms. The largest absolute Gasteiger partial charge is 0.465 e. The molecule has 0 saturated heterocycles. The van der Waals surface area contributed by atoms with Crippen LogP contribution in [0.5, 0.6) is 0 Å². The van der Waals surface area contributed by atoms with E-state index in [1.165, 1.54) is 24.5 Å². The molecule has 1 aromatic carbocycles. The number of benzene rings is 1. The van der Waals surface area contributed by atoms with Crippen molar-refractivity contribution in [3.8, 4) is 0 Å². The van der Waals surface area contributed by atoms with Crippen LogP contribution in [-0.2, 0) is 14.8 Å². The van der Waals surface area contributed by atoms with Crippen LogP contribution in [0.2, 0.25) is 0 Å². The molecule has 0 unspecified atom stereocenters. The van der Waals surface area contributed by atoms with Gasteiger partial charge in [0.25, 0.3) is 0 Å². The van der Waals surface area contributed by atoms with Crippen LogP contribution < -0.4 is 0 Å². The summed E-state index contributed by atoms with van der Waals surface area (Å²) in [6.07, 6.45) is 0. The average Bonchev–Trinajstić information content (AvgIpc) is 3.26. The lowest BCUT2D eigenvalue weighted by atomic mass is 10.2. The van der Waals surface area contributed by atoms with Gasteiger partial charge in [-0.25, -0.2) is 13.2 Å². The van der Waals surface area contributed by atoms with Crippen molar-refractivity contribution in [2.75, 3.05) is 14.2 Å². The molecule has 0 radical (unpaired) electrons. The summed E-state index contributed by atoms with van der Waals surface area (Å²) in [7, 11) is -1.20. The Morgan fingerprint density at radius 3 is 2.68 bits per heavy atom. The summed E-state index contributed by atoms with van der Waals surface area (Å²) in [6.45, 7) is 1.74. The van der Waals surface area contributed by atoms with Crippen LogP contribution in [0.25, 0.3) is 11.0 Å². The van der Waals surface area contributed by atoms with Crippen molar-refractivity contribution >= 4 is 38.3 Å². The normalized spacial score (nSPS) is 13.3.